The van der Waals surface area contributed by atoms with E-state index in [-0.39, 0.29) is 22.2 Å². The summed E-state index contributed by atoms with van der Waals surface area (Å²) in [5.41, 5.74) is 3.80. The molecule has 1 saturated heterocycles. The Morgan fingerprint density at radius 3 is 2.38 bits per heavy atom. The molecule has 0 saturated carbocycles. The van der Waals surface area contributed by atoms with E-state index in [1.54, 1.807) is 27.8 Å². The smallest absolute Gasteiger partial charge is 0.257 e. The summed E-state index contributed by atoms with van der Waals surface area (Å²) in [4.78, 5) is 29.4. The van der Waals surface area contributed by atoms with Crippen molar-refractivity contribution in [3.05, 3.63) is 75.5 Å². The normalized spacial score (nSPS) is 15.7. The number of amides is 2. The second-order valence-electron chi connectivity index (χ2n) is 8.20. The number of nitrogens with one attached hydrogen (secondary N) is 1. The van der Waals surface area contributed by atoms with Crippen molar-refractivity contribution in [1.29, 1.82) is 0 Å². The van der Waals surface area contributed by atoms with Crippen molar-refractivity contribution >= 4 is 63.7 Å². The molecule has 4 rings (SSSR count). The molecule has 1 fully saturated rings. The minimum absolute atomic E-state index is 0.0601. The molecule has 1 aromatic heterocycles. The van der Waals surface area contributed by atoms with Gasteiger partial charge >= 0.3 is 0 Å². The average molecular weight is 516 g/mol. The summed E-state index contributed by atoms with van der Waals surface area (Å²) in [7, 11) is 1.83. The Balaban J connectivity index is 1.68. The summed E-state index contributed by atoms with van der Waals surface area (Å²) in [6.45, 7) is 4.18. The number of imide groups is 1. The molecule has 0 bridgehead atoms. The van der Waals surface area contributed by atoms with Crippen LogP contribution in [0.5, 0.6) is 0 Å². The number of aromatic nitrogens is 2. The zero-order valence-electron chi connectivity index (χ0n) is 18.9. The SMILES string of the molecule is Cc1ccc(NC(=S)N(Cc2cn(C)nc2C)[C@H]2CC(=O)N(c3c(Cl)cccc3Cl)C2=O)cc1. The maximum atomic E-state index is 13.6. The molecule has 34 heavy (non-hydrogen) atoms. The molecule has 10 heteroatoms. The van der Waals surface area contributed by atoms with Crippen molar-refractivity contribution in [2.45, 2.75) is 32.9 Å². The number of rotatable bonds is 5. The van der Waals surface area contributed by atoms with Crippen LogP contribution in [0.3, 0.4) is 0 Å². The molecule has 0 radical (unpaired) electrons. The first kappa shape index (κ1) is 24.2. The fraction of sp³-hybridized carbons (Fsp3) is 0.250. The lowest BCUT2D eigenvalue weighted by molar-refractivity contribution is -0.122. The van der Waals surface area contributed by atoms with Crippen LogP contribution >= 0.6 is 35.4 Å². The molecular formula is C24H23Cl2N5O2S. The predicted octanol–water partition coefficient (Wildman–Crippen LogP) is 4.87. The third-order valence-electron chi connectivity index (χ3n) is 5.68. The van der Waals surface area contributed by atoms with Gasteiger partial charge in [-0.3, -0.25) is 14.3 Å². The van der Waals surface area contributed by atoms with Crippen LogP contribution in [-0.4, -0.2) is 37.6 Å². The summed E-state index contributed by atoms with van der Waals surface area (Å²) in [5, 5.41) is 8.37. The van der Waals surface area contributed by atoms with Gasteiger partial charge < -0.3 is 10.2 Å². The maximum Gasteiger partial charge on any atom is 0.257 e. The number of halogens is 2. The molecule has 7 nitrogen and oxygen atoms in total. The standard InChI is InChI=1S/C24H23Cl2N5O2S/c1-14-7-9-17(10-8-14)27-24(34)30(13-16-12-29(3)28-15(16)2)20-11-21(32)31(23(20)33)22-18(25)5-4-6-19(22)26/h4-10,12,20H,11,13H2,1-3H3,(H,27,34)/t20-/m0/s1. The zero-order valence-corrected chi connectivity index (χ0v) is 21.2. The fourth-order valence-corrected chi connectivity index (χ4v) is 4.82. The van der Waals surface area contributed by atoms with Gasteiger partial charge in [0.2, 0.25) is 5.91 Å². The van der Waals surface area contributed by atoms with Crippen LogP contribution in [0, 0.1) is 13.8 Å². The number of nitrogens with zero attached hydrogens (tertiary/aromatic N) is 4. The molecule has 0 unspecified atom stereocenters. The minimum Gasteiger partial charge on any atom is -0.333 e. The topological polar surface area (TPSA) is 70.5 Å². The lowest BCUT2D eigenvalue weighted by Gasteiger charge is -2.30. The van der Waals surface area contributed by atoms with E-state index in [4.69, 9.17) is 35.4 Å². The number of aryl methyl sites for hydroxylation is 3. The molecule has 1 aliphatic heterocycles. The van der Waals surface area contributed by atoms with Gasteiger partial charge in [0.1, 0.15) is 6.04 Å². The molecule has 3 aromatic rings. The van der Waals surface area contributed by atoms with Crippen molar-refractivity contribution in [2.75, 3.05) is 10.2 Å². The van der Waals surface area contributed by atoms with Crippen molar-refractivity contribution < 1.29 is 9.59 Å². The first-order valence-electron chi connectivity index (χ1n) is 10.6. The van der Waals surface area contributed by atoms with Gasteiger partial charge in [-0.15, -0.1) is 0 Å². The molecule has 1 atom stereocenters. The summed E-state index contributed by atoms with van der Waals surface area (Å²) in [6.07, 6.45) is 1.82. The van der Waals surface area contributed by atoms with Crippen LogP contribution in [0.4, 0.5) is 11.4 Å². The first-order valence-corrected chi connectivity index (χ1v) is 11.8. The molecule has 1 aliphatic rings. The highest BCUT2D eigenvalue weighted by Gasteiger charge is 2.45. The Labute approximate surface area is 213 Å². The molecule has 2 aromatic carbocycles. The van der Waals surface area contributed by atoms with E-state index in [9.17, 15) is 9.59 Å². The quantitative estimate of drug-likeness (QED) is 0.385. The first-order chi connectivity index (χ1) is 16.2. The van der Waals surface area contributed by atoms with Crippen LogP contribution in [-0.2, 0) is 23.2 Å². The Morgan fingerprint density at radius 1 is 1.15 bits per heavy atom. The van der Waals surface area contributed by atoms with E-state index in [1.807, 2.05) is 51.4 Å². The van der Waals surface area contributed by atoms with E-state index in [1.165, 1.54) is 0 Å². The maximum absolute atomic E-state index is 13.6. The highest BCUT2D eigenvalue weighted by molar-refractivity contribution is 7.80. The van der Waals surface area contributed by atoms with Crippen LogP contribution in [0.2, 0.25) is 10.0 Å². The summed E-state index contributed by atoms with van der Waals surface area (Å²) >= 11 is 18.3. The summed E-state index contributed by atoms with van der Waals surface area (Å²) in [6, 6.07) is 11.8. The molecule has 2 amide bonds. The number of benzene rings is 2. The van der Waals surface area contributed by atoms with Gasteiger partial charge in [0.15, 0.2) is 5.11 Å². The van der Waals surface area contributed by atoms with Crippen molar-refractivity contribution in [3.8, 4) is 0 Å². The van der Waals surface area contributed by atoms with Crippen molar-refractivity contribution in [3.63, 3.8) is 0 Å². The minimum atomic E-state index is -0.829. The Hall–Kier alpha value is -2.94. The molecule has 0 aliphatic carbocycles. The van der Waals surface area contributed by atoms with E-state index in [0.717, 1.165) is 27.4 Å². The van der Waals surface area contributed by atoms with Gasteiger partial charge in [-0.05, 0) is 50.3 Å². The van der Waals surface area contributed by atoms with Gasteiger partial charge in [-0.2, -0.15) is 5.10 Å². The number of thiocarbonyl (C=S) groups is 1. The van der Waals surface area contributed by atoms with E-state index in [2.05, 4.69) is 10.4 Å². The van der Waals surface area contributed by atoms with Crippen molar-refractivity contribution in [2.24, 2.45) is 7.05 Å². The lowest BCUT2D eigenvalue weighted by Crippen LogP contribution is -2.46. The van der Waals surface area contributed by atoms with Gasteiger partial charge in [-0.25, -0.2) is 4.90 Å². The average Bonchev–Trinajstić information content (AvgIpc) is 3.25. The lowest BCUT2D eigenvalue weighted by atomic mass is 10.1. The second kappa shape index (κ2) is 9.74. The van der Waals surface area contributed by atoms with Crippen LogP contribution in [0.1, 0.15) is 23.2 Å². The molecule has 2 heterocycles. The van der Waals surface area contributed by atoms with Gasteiger partial charge in [0, 0.05) is 31.0 Å². The third-order valence-corrected chi connectivity index (χ3v) is 6.63. The number of carbonyl (C=O) groups excluding carboxylic acids is 2. The third kappa shape index (κ3) is 4.80. The Morgan fingerprint density at radius 2 is 1.79 bits per heavy atom. The van der Waals surface area contributed by atoms with Crippen molar-refractivity contribution in [1.82, 2.24) is 14.7 Å². The second-order valence-corrected chi connectivity index (χ2v) is 9.40. The summed E-state index contributed by atoms with van der Waals surface area (Å²) in [5.74, 6) is -0.828. The molecule has 176 valence electrons. The predicted molar refractivity (Wildman–Crippen MR) is 138 cm³/mol. The molecule has 0 spiro atoms. The fourth-order valence-electron chi connectivity index (χ4n) is 3.94. The van der Waals surface area contributed by atoms with Crippen LogP contribution in [0.25, 0.3) is 0 Å². The monoisotopic (exact) mass is 515 g/mol. The van der Waals surface area contributed by atoms with E-state index in [0.29, 0.717) is 11.7 Å². The van der Waals surface area contributed by atoms with Crippen LogP contribution in [0.15, 0.2) is 48.7 Å². The number of para-hydroxylation sites is 1. The molecular weight excluding hydrogens is 493 g/mol. The largest absolute Gasteiger partial charge is 0.333 e. The number of anilines is 2. The Kier molecular flexibility index (Phi) is 6.93. The Bertz CT molecular complexity index is 1250. The summed E-state index contributed by atoms with van der Waals surface area (Å²) < 4.78 is 1.71. The number of hydrogen-bond donors (Lipinski definition) is 1. The van der Waals surface area contributed by atoms with E-state index >= 15 is 0 Å². The molecule has 1 N–H and O–H groups in total. The van der Waals surface area contributed by atoms with Crippen LogP contribution < -0.4 is 10.2 Å². The number of hydrogen-bond acceptors (Lipinski definition) is 4. The van der Waals surface area contributed by atoms with E-state index < -0.39 is 17.9 Å². The zero-order chi connectivity index (χ0) is 24.6. The van der Waals surface area contributed by atoms with Gasteiger partial charge in [0.25, 0.3) is 5.91 Å². The van der Waals surface area contributed by atoms with Gasteiger partial charge in [0.05, 0.1) is 27.8 Å². The highest BCUT2D eigenvalue weighted by atomic mass is 35.5. The number of carbonyl (C=O) groups is 2. The highest BCUT2D eigenvalue weighted by Crippen LogP contribution is 2.37. The van der Waals surface area contributed by atoms with Gasteiger partial charge in [-0.1, -0.05) is 47.0 Å².